The Labute approximate surface area is 240 Å². The summed E-state index contributed by atoms with van der Waals surface area (Å²) in [5.74, 6) is -3.42. The van der Waals surface area contributed by atoms with Crippen molar-refractivity contribution in [2.24, 2.45) is 21.5 Å². The molecule has 2 aromatic rings. The van der Waals surface area contributed by atoms with Gasteiger partial charge >= 0.3 is 31.4 Å². The summed E-state index contributed by atoms with van der Waals surface area (Å²) in [4.78, 5) is 30.4. The van der Waals surface area contributed by atoms with E-state index in [4.69, 9.17) is 21.7 Å². The van der Waals surface area contributed by atoms with Crippen molar-refractivity contribution in [2.45, 2.75) is 75.5 Å². The van der Waals surface area contributed by atoms with Gasteiger partial charge in [0.05, 0.1) is 23.2 Å². The SMILES string of the molecule is N[C@@H]1CCCC[C@H]1N=Cc1cccc(C(=O)O)c1[O-].N[C@@H]1CCCC[C@H]1N=Cc1cccc(C(=O)O)c1[O-].[Zn+2]. The first kappa shape index (κ1) is 32.1. The number of para-hydroxylation sites is 2. The predicted molar refractivity (Wildman–Crippen MR) is 141 cm³/mol. The molecule has 0 radical (unpaired) electrons. The van der Waals surface area contributed by atoms with Gasteiger partial charge in [0.15, 0.2) is 0 Å². The summed E-state index contributed by atoms with van der Waals surface area (Å²) in [7, 11) is 0. The van der Waals surface area contributed by atoms with Crippen LogP contribution in [-0.2, 0) is 19.5 Å². The molecular weight excluding hydrogens is 554 g/mol. The van der Waals surface area contributed by atoms with E-state index in [-0.39, 0.29) is 54.8 Å². The summed E-state index contributed by atoms with van der Waals surface area (Å²) in [6, 6.07) is 8.97. The van der Waals surface area contributed by atoms with Crippen molar-refractivity contribution in [3.8, 4) is 11.5 Å². The van der Waals surface area contributed by atoms with E-state index >= 15 is 0 Å². The zero-order valence-corrected chi connectivity index (χ0v) is 24.8. The van der Waals surface area contributed by atoms with Gasteiger partial charge in [-0.05, 0) is 48.9 Å². The monoisotopic (exact) mass is 586 g/mol. The number of nitrogens with zero attached hydrogens (tertiary/aromatic N) is 2. The number of carbonyl (C=O) groups is 2. The van der Waals surface area contributed by atoms with E-state index in [9.17, 15) is 19.8 Å². The molecule has 39 heavy (non-hydrogen) atoms. The zero-order valence-electron chi connectivity index (χ0n) is 21.9. The molecule has 0 spiro atoms. The fraction of sp³-hybridized carbons (Fsp3) is 0.429. The third kappa shape index (κ3) is 8.95. The van der Waals surface area contributed by atoms with Crippen molar-refractivity contribution in [3.63, 3.8) is 0 Å². The van der Waals surface area contributed by atoms with Gasteiger partial charge in [0, 0.05) is 24.5 Å². The molecule has 204 valence electrons. The van der Waals surface area contributed by atoms with E-state index in [1.54, 1.807) is 24.3 Å². The minimum absolute atomic E-state index is 0. The fourth-order valence-corrected chi connectivity index (χ4v) is 4.65. The first-order valence-electron chi connectivity index (χ1n) is 12.8. The van der Waals surface area contributed by atoms with Crippen molar-refractivity contribution < 1.29 is 49.5 Å². The van der Waals surface area contributed by atoms with Gasteiger partial charge in [-0.3, -0.25) is 9.98 Å². The van der Waals surface area contributed by atoms with Gasteiger partial charge < -0.3 is 31.9 Å². The Bertz CT molecular complexity index is 1100. The maximum atomic E-state index is 11.9. The van der Waals surface area contributed by atoms with Crippen molar-refractivity contribution in [1.82, 2.24) is 0 Å². The number of carboxylic acid groups (broad SMARTS) is 2. The molecule has 0 unspecified atom stereocenters. The maximum Gasteiger partial charge on any atom is 2.00 e. The van der Waals surface area contributed by atoms with Gasteiger partial charge in [0.1, 0.15) is 0 Å². The number of aromatic carboxylic acids is 2. The number of hydrogen-bond acceptors (Lipinski definition) is 8. The van der Waals surface area contributed by atoms with E-state index in [0.29, 0.717) is 11.1 Å². The van der Waals surface area contributed by atoms with Gasteiger partial charge in [-0.25, -0.2) is 9.59 Å². The third-order valence-electron chi connectivity index (χ3n) is 6.93. The first-order valence-corrected chi connectivity index (χ1v) is 12.8. The van der Waals surface area contributed by atoms with Gasteiger partial charge in [0.2, 0.25) is 0 Å². The minimum atomic E-state index is -1.21. The average molecular weight is 588 g/mol. The summed E-state index contributed by atoms with van der Waals surface area (Å²) in [5.41, 5.74) is 12.1. The maximum absolute atomic E-state index is 11.9. The van der Waals surface area contributed by atoms with Crippen LogP contribution in [0, 0.1) is 0 Å². The second kappa shape index (κ2) is 15.5. The van der Waals surface area contributed by atoms with E-state index in [0.717, 1.165) is 51.4 Å². The molecule has 2 aliphatic rings. The van der Waals surface area contributed by atoms with E-state index in [1.807, 2.05) is 0 Å². The van der Waals surface area contributed by atoms with Gasteiger partial charge in [-0.15, -0.1) is 0 Å². The molecule has 0 saturated heterocycles. The summed E-state index contributed by atoms with van der Waals surface area (Å²) in [6.07, 6.45) is 11.1. The number of aliphatic imine (C=N–C) groups is 2. The number of hydrogen-bond donors (Lipinski definition) is 4. The Hall–Kier alpha value is -3.14. The average Bonchev–Trinajstić information content (AvgIpc) is 2.89. The van der Waals surface area contributed by atoms with Crippen LogP contribution < -0.4 is 21.7 Å². The Morgan fingerprint density at radius 3 is 1.41 bits per heavy atom. The fourth-order valence-electron chi connectivity index (χ4n) is 4.65. The normalized spacial score (nSPS) is 23.0. The standard InChI is InChI=1S/2C14H18N2O3.Zn/c2*15-11-6-1-2-7-12(11)16-8-9-4-3-5-10(13(9)17)14(18)19;/h2*3-5,8,11-12,17H,1-2,6-7,15H2,(H,18,19);/q;;+2/p-2/t2*11-,12-;/m11./s1. The largest absolute Gasteiger partial charge is 2.00 e. The van der Waals surface area contributed by atoms with Crippen molar-refractivity contribution in [1.29, 1.82) is 0 Å². The van der Waals surface area contributed by atoms with E-state index < -0.39 is 23.4 Å². The Balaban J connectivity index is 0.000000267. The smallest absolute Gasteiger partial charge is 0.871 e. The van der Waals surface area contributed by atoms with Crippen LogP contribution in [-0.4, -0.2) is 58.7 Å². The molecule has 4 atom stereocenters. The summed E-state index contributed by atoms with van der Waals surface area (Å²) >= 11 is 0. The molecule has 0 aromatic heterocycles. The van der Waals surface area contributed by atoms with Crippen LogP contribution in [0.5, 0.6) is 11.5 Å². The summed E-state index contributed by atoms with van der Waals surface area (Å²) in [5, 5.41) is 41.5. The van der Waals surface area contributed by atoms with Crippen molar-refractivity contribution >= 4 is 24.4 Å². The molecule has 2 saturated carbocycles. The predicted octanol–water partition coefficient (Wildman–Crippen LogP) is 2.29. The topological polar surface area (TPSA) is 197 Å². The number of benzene rings is 2. The van der Waals surface area contributed by atoms with Crippen molar-refractivity contribution in [2.75, 3.05) is 0 Å². The van der Waals surface area contributed by atoms with Crippen LogP contribution in [0.2, 0.25) is 0 Å². The van der Waals surface area contributed by atoms with Gasteiger partial charge in [-0.1, -0.05) is 61.4 Å². The summed E-state index contributed by atoms with van der Waals surface area (Å²) in [6.45, 7) is 0. The molecule has 11 heteroatoms. The molecule has 2 aromatic carbocycles. The molecule has 0 aliphatic heterocycles. The second-order valence-electron chi connectivity index (χ2n) is 9.65. The summed E-state index contributed by atoms with van der Waals surface area (Å²) < 4.78 is 0. The molecule has 0 heterocycles. The van der Waals surface area contributed by atoms with Crippen LogP contribution in [0.3, 0.4) is 0 Å². The number of rotatable bonds is 6. The Morgan fingerprint density at radius 2 is 1.08 bits per heavy atom. The Kier molecular flexibility index (Phi) is 12.7. The molecule has 0 bridgehead atoms. The number of carboxylic acids is 2. The quantitative estimate of drug-likeness (QED) is 0.291. The Morgan fingerprint density at radius 1 is 0.718 bits per heavy atom. The number of nitrogens with two attached hydrogens (primary N) is 2. The minimum Gasteiger partial charge on any atom is -0.871 e. The molecule has 6 N–H and O–H groups in total. The third-order valence-corrected chi connectivity index (χ3v) is 6.93. The first-order chi connectivity index (χ1) is 18.2. The van der Waals surface area contributed by atoms with Crippen LogP contribution >= 0.6 is 0 Å². The van der Waals surface area contributed by atoms with Gasteiger partial charge in [-0.2, -0.15) is 0 Å². The van der Waals surface area contributed by atoms with E-state index in [1.165, 1.54) is 24.6 Å². The molecule has 10 nitrogen and oxygen atoms in total. The molecule has 2 aliphatic carbocycles. The molecule has 2 fully saturated rings. The van der Waals surface area contributed by atoms with E-state index in [2.05, 4.69) is 9.98 Å². The molecule has 0 amide bonds. The van der Waals surface area contributed by atoms with Crippen LogP contribution in [0.4, 0.5) is 0 Å². The van der Waals surface area contributed by atoms with Crippen LogP contribution in [0.15, 0.2) is 46.4 Å². The zero-order chi connectivity index (χ0) is 27.7. The van der Waals surface area contributed by atoms with Crippen molar-refractivity contribution in [3.05, 3.63) is 58.7 Å². The van der Waals surface area contributed by atoms with Crippen LogP contribution in [0.25, 0.3) is 0 Å². The second-order valence-corrected chi connectivity index (χ2v) is 9.65. The van der Waals surface area contributed by atoms with Gasteiger partial charge in [0.25, 0.3) is 0 Å². The molecular formula is C28H34N4O6Zn. The molecule has 4 rings (SSSR count). The van der Waals surface area contributed by atoms with Crippen LogP contribution in [0.1, 0.15) is 83.2 Å².